The molecular formula is C12H21NO3. The van der Waals surface area contributed by atoms with Crippen LogP contribution in [-0.2, 0) is 14.3 Å². The number of hydrogen-bond acceptors (Lipinski definition) is 3. The van der Waals surface area contributed by atoms with Gasteiger partial charge in [-0.3, -0.25) is 9.59 Å². The summed E-state index contributed by atoms with van der Waals surface area (Å²) in [6.45, 7) is 6.70. The van der Waals surface area contributed by atoms with Crippen molar-refractivity contribution in [3.8, 4) is 0 Å². The molecule has 0 aliphatic carbocycles. The van der Waals surface area contributed by atoms with Crippen molar-refractivity contribution in [1.82, 2.24) is 4.90 Å². The predicted octanol–water partition coefficient (Wildman–Crippen LogP) is 1.59. The summed E-state index contributed by atoms with van der Waals surface area (Å²) in [5.74, 6) is -0.301. The Morgan fingerprint density at radius 1 is 1.44 bits per heavy atom. The molecule has 16 heavy (non-hydrogen) atoms. The van der Waals surface area contributed by atoms with E-state index in [9.17, 15) is 9.59 Å². The number of piperidine rings is 1. The van der Waals surface area contributed by atoms with E-state index in [4.69, 9.17) is 4.74 Å². The second kappa shape index (κ2) is 5.87. The predicted molar refractivity (Wildman–Crippen MR) is 60.8 cm³/mol. The Labute approximate surface area is 96.9 Å². The maximum Gasteiger partial charge on any atom is 0.310 e. The third-order valence-corrected chi connectivity index (χ3v) is 3.23. The van der Waals surface area contributed by atoms with Crippen molar-refractivity contribution in [2.45, 2.75) is 46.1 Å². The highest BCUT2D eigenvalue weighted by Gasteiger charge is 2.30. The number of amides is 1. The molecule has 1 heterocycles. The fraction of sp³-hybridized carbons (Fsp3) is 0.833. The highest BCUT2D eigenvalue weighted by atomic mass is 16.5. The summed E-state index contributed by atoms with van der Waals surface area (Å²) in [6, 6.07) is -0.0631. The van der Waals surface area contributed by atoms with Gasteiger partial charge in [0.15, 0.2) is 0 Å². The van der Waals surface area contributed by atoms with Gasteiger partial charge in [0, 0.05) is 19.0 Å². The van der Waals surface area contributed by atoms with Crippen LogP contribution in [0, 0.1) is 5.92 Å². The molecule has 0 aromatic heterocycles. The first-order chi connectivity index (χ1) is 7.57. The Kier molecular flexibility index (Phi) is 4.77. The molecule has 2 unspecified atom stereocenters. The summed E-state index contributed by atoms with van der Waals surface area (Å²) < 4.78 is 4.97. The summed E-state index contributed by atoms with van der Waals surface area (Å²) in [6.07, 6.45) is 2.61. The molecule has 0 radical (unpaired) electrons. The van der Waals surface area contributed by atoms with E-state index in [1.807, 2.05) is 18.7 Å². The summed E-state index contributed by atoms with van der Waals surface area (Å²) >= 11 is 0. The topological polar surface area (TPSA) is 46.6 Å². The number of carbonyl (C=O) groups is 2. The molecule has 0 spiro atoms. The maximum absolute atomic E-state index is 11.7. The number of esters is 1. The van der Waals surface area contributed by atoms with Crippen molar-refractivity contribution < 1.29 is 14.3 Å². The average Bonchev–Trinajstić information content (AvgIpc) is 2.28. The molecule has 0 bridgehead atoms. The molecule has 1 amide bonds. The molecule has 1 aliphatic heterocycles. The normalized spacial score (nSPS) is 20.4. The van der Waals surface area contributed by atoms with Crippen molar-refractivity contribution in [3.05, 3.63) is 0 Å². The Morgan fingerprint density at radius 3 is 2.69 bits per heavy atom. The van der Waals surface area contributed by atoms with Gasteiger partial charge in [-0.1, -0.05) is 0 Å². The molecule has 1 aliphatic rings. The number of ether oxygens (including phenoxy) is 1. The van der Waals surface area contributed by atoms with Gasteiger partial charge in [0.05, 0.1) is 12.5 Å². The third-order valence-electron chi connectivity index (χ3n) is 3.23. The van der Waals surface area contributed by atoms with Gasteiger partial charge in [0.1, 0.15) is 0 Å². The second-order valence-corrected chi connectivity index (χ2v) is 4.33. The van der Waals surface area contributed by atoms with E-state index < -0.39 is 0 Å². The SMILES string of the molecule is CCOC(=O)C(C)C(C)N1CCCCC1=O. The van der Waals surface area contributed by atoms with Gasteiger partial charge in [-0.15, -0.1) is 0 Å². The molecular weight excluding hydrogens is 206 g/mol. The lowest BCUT2D eigenvalue weighted by atomic mass is 9.99. The van der Waals surface area contributed by atoms with Crippen LogP contribution in [0.4, 0.5) is 0 Å². The highest BCUT2D eigenvalue weighted by molar-refractivity contribution is 5.79. The first-order valence-electron chi connectivity index (χ1n) is 6.04. The fourth-order valence-electron chi connectivity index (χ4n) is 2.00. The van der Waals surface area contributed by atoms with Crippen LogP contribution in [0.25, 0.3) is 0 Å². The molecule has 92 valence electrons. The fourth-order valence-corrected chi connectivity index (χ4v) is 2.00. The minimum Gasteiger partial charge on any atom is -0.466 e. The molecule has 0 aromatic rings. The number of carbonyl (C=O) groups excluding carboxylic acids is 2. The standard InChI is InChI=1S/C12H21NO3/c1-4-16-12(15)9(2)10(3)13-8-6-5-7-11(13)14/h9-10H,4-8H2,1-3H3. The maximum atomic E-state index is 11.7. The quantitative estimate of drug-likeness (QED) is 0.685. The first kappa shape index (κ1) is 13.0. The van der Waals surface area contributed by atoms with Crippen molar-refractivity contribution >= 4 is 11.9 Å². The molecule has 4 nitrogen and oxygen atoms in total. The van der Waals surface area contributed by atoms with Crippen molar-refractivity contribution in [1.29, 1.82) is 0 Å². The molecule has 0 saturated carbocycles. The van der Waals surface area contributed by atoms with Crippen LogP contribution in [-0.4, -0.2) is 36.0 Å². The largest absolute Gasteiger partial charge is 0.466 e. The number of hydrogen-bond donors (Lipinski definition) is 0. The lowest BCUT2D eigenvalue weighted by molar-refractivity contribution is -0.151. The summed E-state index contributed by atoms with van der Waals surface area (Å²) in [5, 5.41) is 0. The molecule has 4 heteroatoms. The van der Waals surface area contributed by atoms with Gasteiger partial charge in [0.25, 0.3) is 0 Å². The van der Waals surface area contributed by atoms with Crippen LogP contribution < -0.4 is 0 Å². The second-order valence-electron chi connectivity index (χ2n) is 4.33. The van der Waals surface area contributed by atoms with Crippen molar-refractivity contribution in [2.75, 3.05) is 13.2 Å². The zero-order chi connectivity index (χ0) is 12.1. The van der Waals surface area contributed by atoms with E-state index >= 15 is 0 Å². The third kappa shape index (κ3) is 2.97. The van der Waals surface area contributed by atoms with E-state index in [0.717, 1.165) is 19.4 Å². The summed E-state index contributed by atoms with van der Waals surface area (Å²) in [4.78, 5) is 25.1. The Bertz CT molecular complexity index is 265. The minimum atomic E-state index is -0.248. The number of nitrogens with zero attached hydrogens (tertiary/aromatic N) is 1. The van der Waals surface area contributed by atoms with Crippen molar-refractivity contribution in [3.63, 3.8) is 0 Å². The average molecular weight is 227 g/mol. The Morgan fingerprint density at radius 2 is 2.12 bits per heavy atom. The van der Waals surface area contributed by atoms with Crippen LogP contribution in [0.2, 0.25) is 0 Å². The Balaban J connectivity index is 2.57. The van der Waals surface area contributed by atoms with Crippen LogP contribution in [0.3, 0.4) is 0 Å². The summed E-state index contributed by atoms with van der Waals surface area (Å²) in [7, 11) is 0. The van der Waals surface area contributed by atoms with Crippen LogP contribution in [0.15, 0.2) is 0 Å². The van der Waals surface area contributed by atoms with E-state index in [2.05, 4.69) is 0 Å². The molecule has 1 saturated heterocycles. The van der Waals surface area contributed by atoms with Gasteiger partial charge >= 0.3 is 5.97 Å². The number of rotatable bonds is 4. The van der Waals surface area contributed by atoms with E-state index in [0.29, 0.717) is 13.0 Å². The lowest BCUT2D eigenvalue weighted by Gasteiger charge is -2.34. The molecule has 0 N–H and O–H groups in total. The Hall–Kier alpha value is -1.06. The lowest BCUT2D eigenvalue weighted by Crippen LogP contribution is -2.46. The van der Waals surface area contributed by atoms with E-state index in [1.165, 1.54) is 0 Å². The molecule has 2 atom stereocenters. The smallest absolute Gasteiger partial charge is 0.310 e. The van der Waals surface area contributed by atoms with E-state index in [1.54, 1.807) is 6.92 Å². The van der Waals surface area contributed by atoms with Gasteiger partial charge < -0.3 is 9.64 Å². The zero-order valence-corrected chi connectivity index (χ0v) is 10.4. The van der Waals surface area contributed by atoms with Crippen molar-refractivity contribution in [2.24, 2.45) is 5.92 Å². The van der Waals surface area contributed by atoms with Crippen LogP contribution >= 0.6 is 0 Å². The van der Waals surface area contributed by atoms with Gasteiger partial charge in [0.2, 0.25) is 5.91 Å². The first-order valence-corrected chi connectivity index (χ1v) is 6.04. The molecule has 0 aromatic carbocycles. The van der Waals surface area contributed by atoms with Gasteiger partial charge in [-0.05, 0) is 33.6 Å². The zero-order valence-electron chi connectivity index (χ0n) is 10.4. The summed E-state index contributed by atoms with van der Waals surface area (Å²) in [5.41, 5.74) is 0. The monoisotopic (exact) mass is 227 g/mol. The van der Waals surface area contributed by atoms with Crippen LogP contribution in [0.1, 0.15) is 40.0 Å². The van der Waals surface area contributed by atoms with Gasteiger partial charge in [-0.2, -0.15) is 0 Å². The minimum absolute atomic E-state index is 0.0631. The van der Waals surface area contributed by atoms with Crippen LogP contribution in [0.5, 0.6) is 0 Å². The molecule has 1 fully saturated rings. The van der Waals surface area contributed by atoms with E-state index in [-0.39, 0.29) is 23.8 Å². The highest BCUT2D eigenvalue weighted by Crippen LogP contribution is 2.19. The van der Waals surface area contributed by atoms with Gasteiger partial charge in [-0.25, -0.2) is 0 Å². The molecule has 1 rings (SSSR count). The number of likely N-dealkylation sites (tertiary alicyclic amines) is 1.